The van der Waals surface area contributed by atoms with Gasteiger partial charge in [-0.15, -0.1) is 0 Å². The molecule has 2 aliphatic rings. The van der Waals surface area contributed by atoms with Crippen LogP contribution in [0.1, 0.15) is 49.4 Å². The quantitative estimate of drug-likeness (QED) is 0.496. The van der Waals surface area contributed by atoms with Gasteiger partial charge in [-0.3, -0.25) is 9.59 Å². The van der Waals surface area contributed by atoms with E-state index in [0.717, 1.165) is 12.1 Å². The highest BCUT2D eigenvalue weighted by Gasteiger charge is 2.54. The molecule has 0 spiro atoms. The van der Waals surface area contributed by atoms with Crippen molar-refractivity contribution in [2.45, 2.75) is 55.9 Å². The number of nitrogens with one attached hydrogen (secondary N) is 1. The van der Waals surface area contributed by atoms with Gasteiger partial charge in [-0.05, 0) is 60.7 Å². The molecule has 0 aromatic heterocycles. The number of benzene rings is 2. The molecule has 0 bridgehead atoms. The summed E-state index contributed by atoms with van der Waals surface area (Å²) in [7, 11) is -3.54. The van der Waals surface area contributed by atoms with Crippen LogP contribution >= 0.6 is 0 Å². The molecule has 0 saturated heterocycles. The molecule has 3 N–H and O–H groups in total. The molecule has 2 unspecified atom stereocenters. The minimum absolute atomic E-state index is 0.0333. The van der Waals surface area contributed by atoms with Gasteiger partial charge in [-0.25, -0.2) is 8.42 Å². The predicted molar refractivity (Wildman–Crippen MR) is 127 cm³/mol. The molecule has 1 saturated carbocycles. The van der Waals surface area contributed by atoms with Crippen LogP contribution in [0.4, 0.5) is 18.9 Å². The summed E-state index contributed by atoms with van der Waals surface area (Å²) in [4.78, 5) is 28.1. The van der Waals surface area contributed by atoms with Crippen molar-refractivity contribution in [1.82, 2.24) is 4.90 Å². The summed E-state index contributed by atoms with van der Waals surface area (Å²) in [6.07, 6.45) is -3.99. The summed E-state index contributed by atoms with van der Waals surface area (Å²) >= 11 is 0. The normalized spacial score (nSPS) is 20.2. The Morgan fingerprint density at radius 2 is 1.76 bits per heavy atom. The fourth-order valence-corrected chi connectivity index (χ4v) is 5.34. The molecule has 1 aliphatic carbocycles. The summed E-state index contributed by atoms with van der Waals surface area (Å²) in [5, 5.41) is 22.2. The van der Waals surface area contributed by atoms with Crippen molar-refractivity contribution in [1.29, 1.82) is 0 Å². The first-order valence-corrected chi connectivity index (χ1v) is 13.3. The fraction of sp³-hybridized carbons (Fsp3) is 0.440. The van der Waals surface area contributed by atoms with Crippen LogP contribution in [0.5, 0.6) is 0 Å². The minimum atomic E-state index is -4.90. The Kier molecular flexibility index (Phi) is 6.66. The van der Waals surface area contributed by atoms with Crippen LogP contribution in [0.15, 0.2) is 47.4 Å². The Bertz CT molecular complexity index is 1340. The van der Waals surface area contributed by atoms with E-state index in [9.17, 15) is 41.4 Å². The summed E-state index contributed by atoms with van der Waals surface area (Å²) in [5.74, 6) is -1.20. The molecule has 1 aliphatic heterocycles. The van der Waals surface area contributed by atoms with Crippen LogP contribution in [0.3, 0.4) is 0 Å². The van der Waals surface area contributed by atoms with E-state index in [2.05, 4.69) is 5.32 Å². The minimum Gasteiger partial charge on any atom is -0.395 e. The van der Waals surface area contributed by atoms with E-state index in [4.69, 9.17) is 0 Å². The Hall–Kier alpha value is -2.96. The Morgan fingerprint density at radius 1 is 1.14 bits per heavy atom. The third-order valence-electron chi connectivity index (χ3n) is 7.19. The first kappa shape index (κ1) is 27.1. The van der Waals surface area contributed by atoms with E-state index in [1.165, 1.54) is 42.2 Å². The van der Waals surface area contributed by atoms with Crippen molar-refractivity contribution < 1.29 is 41.4 Å². The van der Waals surface area contributed by atoms with Gasteiger partial charge in [0.05, 0.1) is 22.7 Å². The highest BCUT2D eigenvalue weighted by molar-refractivity contribution is 7.91. The maximum absolute atomic E-state index is 13.4. The van der Waals surface area contributed by atoms with Gasteiger partial charge in [-0.2, -0.15) is 13.2 Å². The lowest BCUT2D eigenvalue weighted by molar-refractivity contribution is -0.258. The van der Waals surface area contributed by atoms with Gasteiger partial charge in [0.15, 0.2) is 15.4 Å². The zero-order chi connectivity index (χ0) is 27.4. The van der Waals surface area contributed by atoms with Crippen molar-refractivity contribution in [3.8, 4) is 0 Å². The maximum Gasteiger partial charge on any atom is 0.421 e. The van der Waals surface area contributed by atoms with Gasteiger partial charge >= 0.3 is 6.18 Å². The van der Waals surface area contributed by atoms with Crippen molar-refractivity contribution in [2.24, 2.45) is 5.41 Å². The van der Waals surface area contributed by atoms with Crippen LogP contribution < -0.4 is 5.32 Å². The fourth-order valence-electron chi connectivity index (χ4n) is 4.41. The van der Waals surface area contributed by atoms with E-state index in [1.54, 1.807) is 0 Å². The highest BCUT2D eigenvalue weighted by Crippen LogP contribution is 2.50. The summed E-state index contributed by atoms with van der Waals surface area (Å²) in [6, 6.07) is 7.67. The maximum atomic E-state index is 13.4. The lowest BCUT2D eigenvalue weighted by atomic mass is 9.95. The van der Waals surface area contributed by atoms with Crippen LogP contribution in [-0.2, 0) is 31.6 Å². The van der Waals surface area contributed by atoms with Crippen molar-refractivity contribution in [3.63, 3.8) is 0 Å². The number of aliphatic hydroxyl groups is 2. The summed E-state index contributed by atoms with van der Waals surface area (Å²) in [6.45, 7) is 1.71. The zero-order valence-corrected chi connectivity index (χ0v) is 21.0. The topological polar surface area (TPSA) is 124 Å². The number of anilines is 1. The lowest BCUT2D eigenvalue weighted by Crippen LogP contribution is -2.42. The molecular weight excluding hydrogens is 513 g/mol. The van der Waals surface area contributed by atoms with Gasteiger partial charge in [0.25, 0.3) is 5.91 Å². The number of alkyl halides is 3. The second kappa shape index (κ2) is 9.10. The van der Waals surface area contributed by atoms with E-state index >= 15 is 0 Å². The van der Waals surface area contributed by atoms with Crippen LogP contribution in [0.2, 0.25) is 0 Å². The molecule has 2 amide bonds. The number of halogens is 3. The van der Waals surface area contributed by atoms with Crippen LogP contribution in [0, 0.1) is 5.41 Å². The molecule has 4 rings (SSSR count). The molecule has 37 heavy (non-hydrogen) atoms. The first-order valence-electron chi connectivity index (χ1n) is 11.6. The average molecular weight is 541 g/mol. The first-order chi connectivity index (χ1) is 17.2. The molecule has 12 heteroatoms. The molecule has 2 aromatic rings. The second-order valence-electron chi connectivity index (χ2n) is 9.67. The number of carbonyl (C=O) groups excluding carboxylic acids is 2. The van der Waals surface area contributed by atoms with Crippen molar-refractivity contribution in [2.75, 3.05) is 17.7 Å². The van der Waals surface area contributed by atoms with E-state index in [-0.39, 0.29) is 29.5 Å². The average Bonchev–Trinajstić information content (AvgIpc) is 3.55. The predicted octanol–water partition coefficient (Wildman–Crippen LogP) is 3.04. The number of fused-ring (bicyclic) bond motifs is 1. The SMILES string of the molecule is CCS(=O)(=O)c1ccc2c(c1)CN(C(=O)C1(CO)CC1)C2C(=O)Nc1ccc(C(C)(O)C(F)(F)F)cc1. The molecule has 8 nitrogen and oxygen atoms in total. The summed E-state index contributed by atoms with van der Waals surface area (Å²) < 4.78 is 64.1. The van der Waals surface area contributed by atoms with Crippen molar-refractivity contribution >= 4 is 27.3 Å². The number of amides is 2. The third kappa shape index (κ3) is 4.73. The number of sulfone groups is 1. The second-order valence-corrected chi connectivity index (χ2v) is 12.0. The van der Waals surface area contributed by atoms with Crippen LogP contribution in [-0.4, -0.2) is 53.9 Å². The highest BCUT2D eigenvalue weighted by atomic mass is 32.2. The molecule has 2 atom stereocenters. The summed E-state index contributed by atoms with van der Waals surface area (Å²) in [5.41, 5.74) is -3.43. The number of hydrogen-bond acceptors (Lipinski definition) is 6. The van der Waals surface area contributed by atoms with Gasteiger partial charge < -0.3 is 20.4 Å². The number of nitrogens with zero attached hydrogens (tertiary/aromatic N) is 1. The Morgan fingerprint density at radius 3 is 2.27 bits per heavy atom. The van der Waals surface area contributed by atoms with E-state index in [0.29, 0.717) is 30.9 Å². The number of aliphatic hydroxyl groups excluding tert-OH is 1. The molecule has 2 aromatic carbocycles. The standard InChI is InChI=1S/C25H27F3N2O6S/c1-3-37(35,36)18-8-9-19-15(12-18)13-30(22(33)24(14-31)10-11-24)20(19)21(32)29-17-6-4-16(5-7-17)23(2,34)25(26,27)28/h4-9,12,20,31,34H,3,10-11,13-14H2,1-2H3,(H,29,32). The number of rotatable bonds is 7. The van der Waals surface area contributed by atoms with Gasteiger partial charge in [0, 0.05) is 12.2 Å². The van der Waals surface area contributed by atoms with Gasteiger partial charge in [0.2, 0.25) is 5.91 Å². The number of hydrogen-bond donors (Lipinski definition) is 3. The molecule has 200 valence electrons. The van der Waals surface area contributed by atoms with Gasteiger partial charge in [-0.1, -0.05) is 25.1 Å². The van der Waals surface area contributed by atoms with E-state index < -0.39 is 50.4 Å². The zero-order valence-electron chi connectivity index (χ0n) is 20.2. The molecular formula is C25H27F3N2O6S. The van der Waals surface area contributed by atoms with Crippen molar-refractivity contribution in [3.05, 3.63) is 59.2 Å². The Labute approximate surface area is 212 Å². The van der Waals surface area contributed by atoms with Gasteiger partial charge in [0.1, 0.15) is 6.04 Å². The Balaban J connectivity index is 1.65. The van der Waals surface area contributed by atoms with Crippen LogP contribution in [0.25, 0.3) is 0 Å². The number of carbonyl (C=O) groups is 2. The molecule has 1 heterocycles. The largest absolute Gasteiger partial charge is 0.421 e. The van der Waals surface area contributed by atoms with E-state index in [1.807, 2.05) is 0 Å². The smallest absolute Gasteiger partial charge is 0.395 e. The molecule has 1 fully saturated rings. The molecule has 0 radical (unpaired) electrons. The monoisotopic (exact) mass is 540 g/mol. The third-order valence-corrected chi connectivity index (χ3v) is 8.92. The lowest BCUT2D eigenvalue weighted by Gasteiger charge is -2.28.